The molecule has 2 saturated heterocycles. The summed E-state index contributed by atoms with van der Waals surface area (Å²) in [6, 6.07) is 0.340. The molecule has 0 unspecified atom stereocenters. The van der Waals surface area contributed by atoms with Crippen molar-refractivity contribution in [3.63, 3.8) is 0 Å². The molecule has 2 heterocycles. The van der Waals surface area contributed by atoms with Gasteiger partial charge in [-0.3, -0.25) is 9.69 Å². The van der Waals surface area contributed by atoms with Gasteiger partial charge in [0.1, 0.15) is 0 Å². The minimum absolute atomic E-state index is 0.306. The Kier molecular flexibility index (Phi) is 4.28. The maximum Gasteiger partial charge on any atom is 0.236 e. The van der Waals surface area contributed by atoms with Crippen molar-refractivity contribution in [3.8, 4) is 0 Å². The monoisotopic (exact) mass is 253 g/mol. The van der Waals surface area contributed by atoms with E-state index < -0.39 is 0 Å². The molecule has 0 radical (unpaired) electrons. The second-order valence-corrected chi connectivity index (χ2v) is 6.66. The third kappa shape index (κ3) is 3.69. The van der Waals surface area contributed by atoms with Gasteiger partial charge in [0.2, 0.25) is 5.91 Å². The smallest absolute Gasteiger partial charge is 0.236 e. The fourth-order valence-electron chi connectivity index (χ4n) is 2.76. The fourth-order valence-corrected chi connectivity index (χ4v) is 2.76. The molecule has 2 fully saturated rings. The van der Waals surface area contributed by atoms with E-state index in [-0.39, 0.29) is 0 Å². The summed E-state index contributed by atoms with van der Waals surface area (Å²) < 4.78 is 0. The van der Waals surface area contributed by atoms with Crippen LogP contribution in [0.15, 0.2) is 0 Å². The number of hydrogen-bond acceptors (Lipinski definition) is 3. The molecular formula is C14H27N3O. The number of rotatable bonds is 2. The average molecular weight is 253 g/mol. The van der Waals surface area contributed by atoms with Crippen LogP contribution in [-0.4, -0.2) is 54.5 Å². The molecule has 0 aromatic rings. The van der Waals surface area contributed by atoms with E-state index in [1.165, 1.54) is 0 Å². The van der Waals surface area contributed by atoms with Crippen LogP contribution in [-0.2, 0) is 4.79 Å². The predicted molar refractivity (Wildman–Crippen MR) is 73.2 cm³/mol. The average Bonchev–Trinajstić information content (AvgIpc) is 2.32. The zero-order valence-corrected chi connectivity index (χ0v) is 11.8. The molecule has 2 aliphatic heterocycles. The maximum atomic E-state index is 12.2. The number of likely N-dealkylation sites (tertiary alicyclic amines) is 2. The lowest BCUT2D eigenvalue weighted by Gasteiger charge is -2.38. The second-order valence-electron chi connectivity index (χ2n) is 6.66. The van der Waals surface area contributed by atoms with E-state index in [1.807, 2.05) is 4.90 Å². The summed E-state index contributed by atoms with van der Waals surface area (Å²) in [5, 5.41) is 0. The minimum atomic E-state index is 0.306. The molecule has 18 heavy (non-hydrogen) atoms. The van der Waals surface area contributed by atoms with Crippen LogP contribution in [0.1, 0.15) is 39.5 Å². The first-order valence-corrected chi connectivity index (χ1v) is 7.22. The van der Waals surface area contributed by atoms with Gasteiger partial charge in [-0.2, -0.15) is 0 Å². The Morgan fingerprint density at radius 1 is 1.17 bits per heavy atom. The van der Waals surface area contributed by atoms with Crippen molar-refractivity contribution in [2.24, 2.45) is 11.1 Å². The first-order chi connectivity index (χ1) is 8.46. The highest BCUT2D eigenvalue weighted by Crippen LogP contribution is 2.29. The highest BCUT2D eigenvalue weighted by Gasteiger charge is 2.28. The lowest BCUT2D eigenvalue weighted by atomic mass is 9.82. The van der Waals surface area contributed by atoms with E-state index in [2.05, 4.69) is 18.7 Å². The molecule has 1 amide bonds. The zero-order valence-electron chi connectivity index (χ0n) is 11.8. The number of piperidine rings is 2. The van der Waals surface area contributed by atoms with Gasteiger partial charge < -0.3 is 10.6 Å². The first kappa shape index (κ1) is 13.8. The SMILES string of the molecule is CC1(C)CCN(C(=O)CN2CCC(N)CC2)CC1. The molecule has 4 heteroatoms. The quantitative estimate of drug-likeness (QED) is 0.800. The third-order valence-electron chi connectivity index (χ3n) is 4.46. The lowest BCUT2D eigenvalue weighted by molar-refractivity contribution is -0.134. The number of hydrogen-bond donors (Lipinski definition) is 1. The topological polar surface area (TPSA) is 49.6 Å². The number of nitrogens with two attached hydrogens (primary N) is 1. The van der Waals surface area contributed by atoms with Crippen molar-refractivity contribution in [1.82, 2.24) is 9.80 Å². The highest BCUT2D eigenvalue weighted by atomic mass is 16.2. The minimum Gasteiger partial charge on any atom is -0.342 e. The normalized spacial score (nSPS) is 26.3. The van der Waals surface area contributed by atoms with Crippen LogP contribution in [0.4, 0.5) is 0 Å². The van der Waals surface area contributed by atoms with Gasteiger partial charge in [0.25, 0.3) is 0 Å². The molecule has 2 aliphatic rings. The van der Waals surface area contributed by atoms with Crippen molar-refractivity contribution in [2.75, 3.05) is 32.7 Å². The summed E-state index contributed by atoms with van der Waals surface area (Å²) >= 11 is 0. The Bertz CT molecular complexity index is 285. The molecule has 0 aliphatic carbocycles. The third-order valence-corrected chi connectivity index (χ3v) is 4.46. The molecule has 0 atom stereocenters. The largest absolute Gasteiger partial charge is 0.342 e. The Morgan fingerprint density at radius 2 is 1.72 bits per heavy atom. The van der Waals surface area contributed by atoms with E-state index in [0.29, 0.717) is 23.9 Å². The van der Waals surface area contributed by atoms with Gasteiger partial charge in [0.15, 0.2) is 0 Å². The molecule has 2 N–H and O–H groups in total. The van der Waals surface area contributed by atoms with E-state index in [1.54, 1.807) is 0 Å². The summed E-state index contributed by atoms with van der Waals surface area (Å²) in [5.41, 5.74) is 6.29. The van der Waals surface area contributed by atoms with Crippen molar-refractivity contribution in [1.29, 1.82) is 0 Å². The van der Waals surface area contributed by atoms with Crippen LogP contribution in [0.5, 0.6) is 0 Å². The van der Waals surface area contributed by atoms with Crippen LogP contribution in [0.2, 0.25) is 0 Å². The van der Waals surface area contributed by atoms with Crippen molar-refractivity contribution in [3.05, 3.63) is 0 Å². The van der Waals surface area contributed by atoms with Crippen molar-refractivity contribution < 1.29 is 4.79 Å². The number of carbonyl (C=O) groups is 1. The summed E-state index contributed by atoms with van der Waals surface area (Å²) in [7, 11) is 0. The van der Waals surface area contributed by atoms with Crippen LogP contribution in [0.3, 0.4) is 0 Å². The van der Waals surface area contributed by atoms with Gasteiger partial charge in [-0.15, -0.1) is 0 Å². The number of carbonyl (C=O) groups excluding carboxylic acids is 1. The van der Waals surface area contributed by atoms with Gasteiger partial charge in [-0.25, -0.2) is 0 Å². The standard InChI is InChI=1S/C14H27N3O/c1-14(2)5-9-17(10-6-14)13(18)11-16-7-3-12(15)4-8-16/h12H,3-11,15H2,1-2H3. The molecular weight excluding hydrogens is 226 g/mol. The summed E-state index contributed by atoms with van der Waals surface area (Å²) in [6.07, 6.45) is 4.31. The lowest BCUT2D eigenvalue weighted by Crippen LogP contribution is -2.48. The van der Waals surface area contributed by atoms with Crippen LogP contribution >= 0.6 is 0 Å². The van der Waals surface area contributed by atoms with Crippen molar-refractivity contribution >= 4 is 5.91 Å². The summed E-state index contributed by atoms with van der Waals surface area (Å²) in [5.74, 6) is 0.306. The van der Waals surface area contributed by atoms with Crippen molar-refractivity contribution in [2.45, 2.75) is 45.6 Å². The molecule has 104 valence electrons. The Hall–Kier alpha value is -0.610. The highest BCUT2D eigenvalue weighted by molar-refractivity contribution is 5.78. The first-order valence-electron chi connectivity index (χ1n) is 7.22. The van der Waals surface area contributed by atoms with Gasteiger partial charge in [0, 0.05) is 32.2 Å². The van der Waals surface area contributed by atoms with Gasteiger partial charge >= 0.3 is 0 Å². The molecule has 0 bridgehead atoms. The van der Waals surface area contributed by atoms with E-state index in [0.717, 1.165) is 51.9 Å². The summed E-state index contributed by atoms with van der Waals surface area (Å²) in [6.45, 7) is 8.99. The number of nitrogens with zero attached hydrogens (tertiary/aromatic N) is 2. The Labute approximate surface area is 110 Å². The van der Waals surface area contributed by atoms with E-state index in [4.69, 9.17) is 5.73 Å². The fraction of sp³-hybridized carbons (Fsp3) is 0.929. The number of amides is 1. The zero-order chi connectivity index (χ0) is 13.2. The van der Waals surface area contributed by atoms with Crippen LogP contribution in [0.25, 0.3) is 0 Å². The van der Waals surface area contributed by atoms with Gasteiger partial charge in [-0.1, -0.05) is 13.8 Å². The Morgan fingerprint density at radius 3 is 2.28 bits per heavy atom. The molecule has 2 rings (SSSR count). The predicted octanol–water partition coefficient (Wildman–Crippen LogP) is 1.06. The summed E-state index contributed by atoms with van der Waals surface area (Å²) in [4.78, 5) is 16.5. The molecule has 0 aromatic carbocycles. The molecule has 4 nitrogen and oxygen atoms in total. The molecule has 0 saturated carbocycles. The Balaban J connectivity index is 1.75. The van der Waals surface area contributed by atoms with Crippen LogP contribution in [0, 0.1) is 5.41 Å². The van der Waals surface area contributed by atoms with Gasteiger partial charge in [0.05, 0.1) is 6.54 Å². The molecule has 0 aromatic heterocycles. The molecule has 0 spiro atoms. The second kappa shape index (κ2) is 5.57. The van der Waals surface area contributed by atoms with E-state index >= 15 is 0 Å². The maximum absolute atomic E-state index is 12.2. The van der Waals surface area contributed by atoms with Crippen LogP contribution < -0.4 is 5.73 Å². The van der Waals surface area contributed by atoms with E-state index in [9.17, 15) is 4.79 Å². The van der Waals surface area contributed by atoms with Gasteiger partial charge in [-0.05, 0) is 31.1 Å².